The summed E-state index contributed by atoms with van der Waals surface area (Å²) >= 11 is 0. The zero-order valence-corrected chi connectivity index (χ0v) is 35.5. The minimum atomic E-state index is -0.783. The van der Waals surface area contributed by atoms with Crippen molar-refractivity contribution in [2.75, 3.05) is 20.2 Å². The number of H-pyrrole nitrogens is 2. The number of carbonyl (C=O) groups is 4. The Morgan fingerprint density at radius 2 is 1.79 bits per heavy atom. The third kappa shape index (κ3) is 7.96. The van der Waals surface area contributed by atoms with E-state index in [1.165, 1.54) is 12.7 Å². The summed E-state index contributed by atoms with van der Waals surface area (Å²) in [4.78, 5) is 72.9. The molecule has 14 nitrogen and oxygen atoms in total. The van der Waals surface area contributed by atoms with Gasteiger partial charge in [-0.25, -0.2) is 14.8 Å². The molecule has 0 unspecified atom stereocenters. The van der Waals surface area contributed by atoms with Crippen molar-refractivity contribution < 1.29 is 28.7 Å². The summed E-state index contributed by atoms with van der Waals surface area (Å²) in [7, 11) is 1.29. The number of carbonyl (C=O) groups excluding carboxylic acids is 4. The largest absolute Gasteiger partial charge is 0.488 e. The lowest BCUT2D eigenvalue weighted by molar-refractivity contribution is -0.135. The van der Waals surface area contributed by atoms with Crippen LogP contribution in [0.3, 0.4) is 0 Å². The van der Waals surface area contributed by atoms with Gasteiger partial charge in [-0.05, 0) is 90.5 Å². The molecule has 9 rings (SSSR count). The van der Waals surface area contributed by atoms with Crippen LogP contribution in [-0.4, -0.2) is 79.8 Å². The number of nitrogens with one attached hydrogen (secondary N) is 4. The van der Waals surface area contributed by atoms with Crippen molar-refractivity contribution in [3.63, 3.8) is 0 Å². The maximum absolute atomic E-state index is 14.1. The quantitative estimate of drug-likeness (QED) is 0.0973. The summed E-state index contributed by atoms with van der Waals surface area (Å²) in [5.41, 5.74) is 10.6. The fraction of sp³-hybridized carbons (Fsp3) is 0.375. The number of aryl methyl sites for hydroxylation is 2. The van der Waals surface area contributed by atoms with E-state index >= 15 is 0 Å². The lowest BCUT2D eigenvalue weighted by Crippen LogP contribution is -2.51. The van der Waals surface area contributed by atoms with Crippen LogP contribution in [0.15, 0.2) is 72.9 Å². The van der Waals surface area contributed by atoms with E-state index in [1.807, 2.05) is 57.2 Å². The number of methoxy groups -OCH3 is 1. The van der Waals surface area contributed by atoms with Crippen molar-refractivity contribution >= 4 is 29.5 Å². The molecule has 4 aliphatic rings. The molecule has 5 aromatic rings. The number of rotatable bonds is 13. The van der Waals surface area contributed by atoms with E-state index in [2.05, 4.69) is 50.9 Å². The summed E-state index contributed by atoms with van der Waals surface area (Å²) < 4.78 is 11.2. The first kappa shape index (κ1) is 40.7. The molecule has 62 heavy (non-hydrogen) atoms. The van der Waals surface area contributed by atoms with Crippen molar-refractivity contribution in [3.8, 4) is 39.4 Å². The summed E-state index contributed by atoms with van der Waals surface area (Å²) in [6, 6.07) is 18.6. The molecule has 0 spiro atoms. The number of alkyl carbamates (subject to hydrolysis) is 1. The number of hydrogen-bond acceptors (Lipinski definition) is 8. The Kier molecular flexibility index (Phi) is 11.1. The van der Waals surface area contributed by atoms with Crippen LogP contribution < -0.4 is 15.4 Å². The second-order valence-corrected chi connectivity index (χ2v) is 16.9. The van der Waals surface area contributed by atoms with Gasteiger partial charge in [-0.2, -0.15) is 0 Å². The Bertz CT molecular complexity index is 2570. The van der Waals surface area contributed by atoms with Gasteiger partial charge in [-0.3, -0.25) is 14.4 Å². The molecule has 0 saturated heterocycles. The average Bonchev–Trinajstić information content (AvgIpc) is 3.61. The minimum absolute atomic E-state index is 0.0210. The summed E-state index contributed by atoms with van der Waals surface area (Å²) in [5, 5.41) is 5.74. The molecular formula is C48H52N8O6. The van der Waals surface area contributed by atoms with E-state index in [9.17, 15) is 19.2 Å². The molecular weight excluding hydrogens is 785 g/mol. The second kappa shape index (κ2) is 17.0. The predicted octanol–water partition coefficient (Wildman–Crippen LogP) is 7.08. The van der Waals surface area contributed by atoms with Crippen LogP contribution in [0.5, 0.6) is 5.75 Å². The van der Waals surface area contributed by atoms with E-state index in [0.717, 1.165) is 88.3 Å². The molecule has 2 aliphatic heterocycles. The molecule has 3 aromatic carbocycles. The molecule has 1 saturated carbocycles. The van der Waals surface area contributed by atoms with Crippen molar-refractivity contribution in [2.45, 2.75) is 84.5 Å². The van der Waals surface area contributed by atoms with Crippen LogP contribution >= 0.6 is 0 Å². The second-order valence-electron chi connectivity index (χ2n) is 16.9. The van der Waals surface area contributed by atoms with Gasteiger partial charge >= 0.3 is 6.09 Å². The van der Waals surface area contributed by atoms with E-state index < -0.39 is 18.2 Å². The molecule has 2 aliphatic carbocycles. The highest BCUT2D eigenvalue weighted by Crippen LogP contribution is 2.45. The first-order valence-electron chi connectivity index (χ1n) is 21.7. The van der Waals surface area contributed by atoms with E-state index in [-0.39, 0.29) is 29.6 Å². The third-order valence-electron chi connectivity index (χ3n) is 12.2. The van der Waals surface area contributed by atoms with Crippen LogP contribution in [-0.2, 0) is 45.1 Å². The third-order valence-corrected chi connectivity index (χ3v) is 12.2. The standard InChI is InChI=1S/C48H52N8O6/c1-5-19-55(46(58)41(27(2)3)54-48(60)61-4)25-40-50-36-18-16-30-22-35-33-17-15-31(21-32(33)26-62-39(35)23-34(30)43(36)52-40)37-24-49-44(51-37)38-12-9-20-56(38)47(59)42(28-10-7-6-8-11-28)53-45(57)29-13-14-29/h6-8,10-12,15,17,21-24,27,29,41-42H,5,9,13-14,16,18-20,25-26H2,1-4H3,(H,49,51)(H,50,52)(H,53,57)(H,54,60)/t41-,42+/m0/s1. The fourth-order valence-corrected chi connectivity index (χ4v) is 8.81. The Hall–Kier alpha value is -6.70. The van der Waals surface area contributed by atoms with Gasteiger partial charge in [-0.1, -0.05) is 69.3 Å². The van der Waals surface area contributed by atoms with E-state index in [4.69, 9.17) is 19.4 Å². The number of aromatic amines is 2. The van der Waals surface area contributed by atoms with Crippen LogP contribution in [0.25, 0.3) is 39.3 Å². The number of imidazole rings is 2. The number of aromatic nitrogens is 4. The zero-order valence-electron chi connectivity index (χ0n) is 35.5. The fourth-order valence-electron chi connectivity index (χ4n) is 8.81. The van der Waals surface area contributed by atoms with Crippen molar-refractivity contribution in [3.05, 3.63) is 107 Å². The Morgan fingerprint density at radius 1 is 0.968 bits per heavy atom. The molecule has 4 heterocycles. The van der Waals surface area contributed by atoms with Gasteiger partial charge < -0.3 is 39.9 Å². The molecule has 14 heteroatoms. The van der Waals surface area contributed by atoms with E-state index in [0.29, 0.717) is 50.0 Å². The maximum atomic E-state index is 14.1. The SMILES string of the molecule is CCCN(Cc1nc2c([nH]1)-c1cc3c(cc1CC2)-c1ccc(-c2cnc(C4=CCCN4C(=O)[C@H](NC(=O)C4CC4)c4ccccc4)[nH]2)cc1CO3)C(=O)[C@@H](NC(=O)OC)C(C)C. The average molecular weight is 837 g/mol. The number of hydrogen-bond donors (Lipinski definition) is 4. The number of nitrogens with zero attached hydrogens (tertiary/aromatic N) is 4. The highest BCUT2D eigenvalue weighted by atomic mass is 16.5. The molecule has 0 radical (unpaired) electrons. The van der Waals surface area contributed by atoms with Gasteiger partial charge in [0.05, 0.1) is 42.6 Å². The summed E-state index contributed by atoms with van der Waals surface area (Å²) in [6.45, 7) is 7.53. The lowest BCUT2D eigenvalue weighted by Gasteiger charge is -2.28. The van der Waals surface area contributed by atoms with Crippen LogP contribution in [0.4, 0.5) is 4.79 Å². The molecule has 4 N–H and O–H groups in total. The maximum Gasteiger partial charge on any atom is 0.407 e. The van der Waals surface area contributed by atoms with E-state index in [1.54, 1.807) is 16.0 Å². The number of amides is 4. The first-order chi connectivity index (χ1) is 30.1. The van der Waals surface area contributed by atoms with Crippen molar-refractivity contribution in [2.24, 2.45) is 11.8 Å². The normalized spacial score (nSPS) is 15.9. The molecule has 2 aromatic heterocycles. The van der Waals surface area contributed by atoms with Crippen LogP contribution in [0.2, 0.25) is 0 Å². The number of benzene rings is 3. The topological polar surface area (TPSA) is 175 Å². The zero-order chi connectivity index (χ0) is 43.1. The number of fused-ring (bicyclic) bond motifs is 6. The van der Waals surface area contributed by atoms with Crippen LogP contribution in [0, 0.1) is 11.8 Å². The monoisotopic (exact) mass is 836 g/mol. The molecule has 4 amide bonds. The van der Waals surface area contributed by atoms with Gasteiger partial charge in [0.2, 0.25) is 11.8 Å². The summed E-state index contributed by atoms with van der Waals surface area (Å²) in [6.07, 6.45) is 7.91. The highest BCUT2D eigenvalue weighted by Gasteiger charge is 2.37. The Morgan fingerprint density at radius 3 is 2.55 bits per heavy atom. The van der Waals surface area contributed by atoms with Gasteiger partial charge in [0.15, 0.2) is 5.82 Å². The predicted molar refractivity (Wildman–Crippen MR) is 233 cm³/mol. The van der Waals surface area contributed by atoms with Gasteiger partial charge in [0.25, 0.3) is 5.91 Å². The smallest absolute Gasteiger partial charge is 0.407 e. The Labute approximate surface area is 360 Å². The van der Waals surface area contributed by atoms with Gasteiger partial charge in [-0.15, -0.1) is 0 Å². The Balaban J connectivity index is 0.923. The van der Waals surface area contributed by atoms with Gasteiger partial charge in [0.1, 0.15) is 30.3 Å². The molecule has 2 atom stereocenters. The van der Waals surface area contributed by atoms with Crippen molar-refractivity contribution in [1.82, 2.24) is 40.4 Å². The molecule has 320 valence electrons. The summed E-state index contributed by atoms with van der Waals surface area (Å²) in [5.74, 6) is 1.51. The number of ether oxygens (including phenoxy) is 2. The molecule has 1 fully saturated rings. The first-order valence-corrected chi connectivity index (χ1v) is 21.7. The minimum Gasteiger partial charge on any atom is -0.488 e. The lowest BCUT2D eigenvalue weighted by atomic mass is 9.86. The van der Waals surface area contributed by atoms with Crippen LogP contribution in [0.1, 0.15) is 86.5 Å². The van der Waals surface area contributed by atoms with Crippen molar-refractivity contribution in [1.29, 1.82) is 0 Å². The molecule has 0 bridgehead atoms. The van der Waals surface area contributed by atoms with Gasteiger partial charge in [0, 0.05) is 30.1 Å². The highest BCUT2D eigenvalue weighted by molar-refractivity contribution is 5.95.